The van der Waals surface area contributed by atoms with Crippen molar-refractivity contribution in [2.45, 2.75) is 19.9 Å². The van der Waals surface area contributed by atoms with Crippen LogP contribution in [0.4, 0.5) is 0 Å². The lowest BCUT2D eigenvalue weighted by atomic mass is 10.1. The molecule has 1 aromatic carbocycles. The predicted molar refractivity (Wildman–Crippen MR) is 127 cm³/mol. The van der Waals surface area contributed by atoms with Crippen LogP contribution in [0.1, 0.15) is 28.4 Å². The number of pyridine rings is 1. The molecule has 0 aliphatic rings. The second-order valence-corrected chi connectivity index (χ2v) is 6.44. The Morgan fingerprint density at radius 1 is 1.17 bits per heavy atom. The summed E-state index contributed by atoms with van der Waals surface area (Å²) in [5, 5.41) is 6.58. The van der Waals surface area contributed by atoms with Crippen molar-refractivity contribution in [2.75, 3.05) is 34.3 Å². The molecule has 2 aromatic rings. The molecule has 1 amide bonds. The van der Waals surface area contributed by atoms with Crippen molar-refractivity contribution in [3.63, 3.8) is 0 Å². The van der Waals surface area contributed by atoms with Crippen LogP contribution in [0.25, 0.3) is 0 Å². The van der Waals surface area contributed by atoms with E-state index in [0.717, 1.165) is 23.5 Å². The number of benzene rings is 1. The van der Waals surface area contributed by atoms with Crippen LogP contribution in [0.15, 0.2) is 47.6 Å². The smallest absolute Gasteiger partial charge is 0.253 e. The Labute approximate surface area is 190 Å². The SMILES string of the molecule is CCOc1cc(CNC(=NC)NCCc2cccc(C(=O)N(C)C)c2)ccn1.I. The molecule has 0 unspecified atom stereocenters. The molecule has 1 heterocycles. The number of carbonyl (C=O) groups excluding carboxylic acids is 1. The molecule has 0 bridgehead atoms. The number of halogens is 1. The van der Waals surface area contributed by atoms with Crippen molar-refractivity contribution >= 4 is 35.8 Å². The first-order valence-corrected chi connectivity index (χ1v) is 9.36. The molecule has 0 saturated carbocycles. The number of hydrogen-bond donors (Lipinski definition) is 2. The van der Waals surface area contributed by atoms with Crippen LogP contribution in [0, 0.1) is 0 Å². The van der Waals surface area contributed by atoms with Gasteiger partial charge in [-0.3, -0.25) is 9.79 Å². The molecule has 0 aliphatic heterocycles. The largest absolute Gasteiger partial charge is 0.478 e. The van der Waals surface area contributed by atoms with Gasteiger partial charge in [0.05, 0.1) is 6.61 Å². The highest BCUT2D eigenvalue weighted by atomic mass is 127. The Morgan fingerprint density at radius 3 is 2.66 bits per heavy atom. The summed E-state index contributed by atoms with van der Waals surface area (Å²) in [7, 11) is 5.25. The van der Waals surface area contributed by atoms with E-state index in [1.54, 1.807) is 32.2 Å². The van der Waals surface area contributed by atoms with Crippen LogP contribution in [0.2, 0.25) is 0 Å². The molecule has 0 aliphatic carbocycles. The molecule has 0 atom stereocenters. The predicted octanol–water partition coefficient (Wildman–Crippen LogP) is 2.71. The third-order valence-electron chi connectivity index (χ3n) is 4.06. The van der Waals surface area contributed by atoms with Gasteiger partial charge in [0.15, 0.2) is 5.96 Å². The first-order valence-electron chi connectivity index (χ1n) is 9.36. The first kappa shape index (κ1) is 24.7. The van der Waals surface area contributed by atoms with E-state index < -0.39 is 0 Å². The fourth-order valence-corrected chi connectivity index (χ4v) is 2.64. The number of hydrogen-bond acceptors (Lipinski definition) is 4. The second-order valence-electron chi connectivity index (χ2n) is 6.44. The van der Waals surface area contributed by atoms with Gasteiger partial charge in [0.25, 0.3) is 5.91 Å². The minimum atomic E-state index is 0. The lowest BCUT2D eigenvalue weighted by Gasteiger charge is -2.13. The molecule has 0 spiro atoms. The number of aromatic nitrogens is 1. The van der Waals surface area contributed by atoms with Gasteiger partial charge in [-0.15, -0.1) is 24.0 Å². The fourth-order valence-electron chi connectivity index (χ4n) is 2.64. The van der Waals surface area contributed by atoms with Crippen LogP contribution < -0.4 is 15.4 Å². The average molecular weight is 511 g/mol. The number of rotatable bonds is 8. The second kappa shape index (κ2) is 13.0. The Morgan fingerprint density at radius 2 is 1.97 bits per heavy atom. The van der Waals surface area contributed by atoms with E-state index in [0.29, 0.717) is 31.1 Å². The molecular weight excluding hydrogens is 481 g/mol. The zero-order valence-electron chi connectivity index (χ0n) is 17.4. The number of carbonyl (C=O) groups is 1. The number of ether oxygens (including phenoxy) is 1. The molecule has 2 rings (SSSR count). The summed E-state index contributed by atoms with van der Waals surface area (Å²) in [6.07, 6.45) is 2.53. The third kappa shape index (κ3) is 8.26. The number of amides is 1. The summed E-state index contributed by atoms with van der Waals surface area (Å²) in [6.45, 7) is 3.85. The van der Waals surface area contributed by atoms with E-state index in [1.807, 2.05) is 43.3 Å². The normalized spacial score (nSPS) is 10.7. The minimum absolute atomic E-state index is 0. The quantitative estimate of drug-likeness (QED) is 0.324. The summed E-state index contributed by atoms with van der Waals surface area (Å²) in [6, 6.07) is 11.6. The van der Waals surface area contributed by atoms with Crippen LogP contribution in [-0.2, 0) is 13.0 Å². The molecule has 0 saturated heterocycles. The van der Waals surface area contributed by atoms with Gasteiger partial charge in [-0.2, -0.15) is 0 Å². The maximum absolute atomic E-state index is 12.1. The van der Waals surface area contributed by atoms with Crippen LogP contribution in [0.5, 0.6) is 5.88 Å². The van der Waals surface area contributed by atoms with Gasteiger partial charge in [-0.1, -0.05) is 12.1 Å². The molecular formula is C21H30IN5O2. The Bertz CT molecular complexity index is 811. The molecule has 0 fully saturated rings. The van der Waals surface area contributed by atoms with Gasteiger partial charge in [0.1, 0.15) is 0 Å². The molecule has 8 heteroatoms. The molecule has 0 radical (unpaired) electrons. The van der Waals surface area contributed by atoms with Crippen molar-refractivity contribution in [3.8, 4) is 5.88 Å². The summed E-state index contributed by atoms with van der Waals surface area (Å²) >= 11 is 0. The van der Waals surface area contributed by atoms with Gasteiger partial charge in [0, 0.05) is 52.1 Å². The van der Waals surface area contributed by atoms with Crippen molar-refractivity contribution < 1.29 is 9.53 Å². The Hall–Kier alpha value is -2.36. The highest BCUT2D eigenvalue weighted by molar-refractivity contribution is 14.0. The van der Waals surface area contributed by atoms with E-state index in [9.17, 15) is 4.79 Å². The van der Waals surface area contributed by atoms with Crippen molar-refractivity contribution in [2.24, 2.45) is 4.99 Å². The molecule has 7 nitrogen and oxygen atoms in total. The summed E-state index contributed by atoms with van der Waals surface area (Å²) in [5.74, 6) is 1.35. The minimum Gasteiger partial charge on any atom is -0.478 e. The standard InChI is InChI=1S/C21H29N5O2.HI/c1-5-28-19-14-17(10-11-23-19)15-25-21(22-2)24-12-9-16-7-6-8-18(13-16)20(27)26(3)4;/h6-8,10-11,13-14H,5,9,12,15H2,1-4H3,(H2,22,24,25);1H. The molecule has 2 N–H and O–H groups in total. The van der Waals surface area contributed by atoms with E-state index in [2.05, 4.69) is 20.6 Å². The number of nitrogens with one attached hydrogen (secondary N) is 2. The van der Waals surface area contributed by atoms with Crippen LogP contribution >= 0.6 is 24.0 Å². The van der Waals surface area contributed by atoms with Crippen LogP contribution in [-0.4, -0.2) is 56.0 Å². The first-order chi connectivity index (χ1) is 13.5. The van der Waals surface area contributed by atoms with Crippen molar-refractivity contribution in [1.82, 2.24) is 20.5 Å². The van der Waals surface area contributed by atoms with E-state index in [-0.39, 0.29) is 29.9 Å². The summed E-state index contributed by atoms with van der Waals surface area (Å²) in [5.41, 5.74) is 2.87. The third-order valence-corrected chi connectivity index (χ3v) is 4.06. The van der Waals surface area contributed by atoms with Gasteiger partial charge >= 0.3 is 0 Å². The van der Waals surface area contributed by atoms with Crippen molar-refractivity contribution in [1.29, 1.82) is 0 Å². The molecule has 158 valence electrons. The zero-order valence-corrected chi connectivity index (χ0v) is 19.8. The maximum Gasteiger partial charge on any atom is 0.253 e. The number of aliphatic imine (C=N–C) groups is 1. The number of nitrogens with zero attached hydrogens (tertiary/aromatic N) is 3. The maximum atomic E-state index is 12.1. The average Bonchev–Trinajstić information content (AvgIpc) is 2.70. The highest BCUT2D eigenvalue weighted by Crippen LogP contribution is 2.09. The van der Waals surface area contributed by atoms with E-state index in [1.165, 1.54) is 0 Å². The van der Waals surface area contributed by atoms with Crippen LogP contribution in [0.3, 0.4) is 0 Å². The Kier molecular flexibility index (Phi) is 11.0. The summed E-state index contributed by atoms with van der Waals surface area (Å²) < 4.78 is 5.42. The van der Waals surface area contributed by atoms with Gasteiger partial charge in [-0.05, 0) is 42.7 Å². The topological polar surface area (TPSA) is 78.8 Å². The highest BCUT2D eigenvalue weighted by Gasteiger charge is 2.08. The monoisotopic (exact) mass is 511 g/mol. The van der Waals surface area contributed by atoms with Gasteiger partial charge in [-0.25, -0.2) is 4.98 Å². The summed E-state index contributed by atoms with van der Waals surface area (Å²) in [4.78, 5) is 22.1. The number of guanidine groups is 1. The molecule has 1 aromatic heterocycles. The lowest BCUT2D eigenvalue weighted by molar-refractivity contribution is 0.0827. The lowest BCUT2D eigenvalue weighted by Crippen LogP contribution is -2.37. The van der Waals surface area contributed by atoms with E-state index >= 15 is 0 Å². The fraction of sp³-hybridized carbons (Fsp3) is 0.381. The van der Waals surface area contributed by atoms with E-state index in [4.69, 9.17) is 4.74 Å². The zero-order chi connectivity index (χ0) is 20.4. The molecule has 29 heavy (non-hydrogen) atoms. The Balaban J connectivity index is 0.00000420. The van der Waals surface area contributed by atoms with Gasteiger partial charge in [0.2, 0.25) is 5.88 Å². The van der Waals surface area contributed by atoms with Crippen molar-refractivity contribution in [3.05, 3.63) is 59.3 Å². The van der Waals surface area contributed by atoms with Gasteiger partial charge < -0.3 is 20.3 Å².